The van der Waals surface area contributed by atoms with E-state index in [4.69, 9.17) is 26.8 Å². The highest BCUT2D eigenvalue weighted by Gasteiger charge is 2.37. The lowest BCUT2D eigenvalue weighted by molar-refractivity contribution is -0.118. The third-order valence-electron chi connectivity index (χ3n) is 10.0. The summed E-state index contributed by atoms with van der Waals surface area (Å²) in [5.74, 6) is -0.163. The Morgan fingerprint density at radius 1 is 1.10 bits per heavy atom. The van der Waals surface area contributed by atoms with Gasteiger partial charge < -0.3 is 25.4 Å². The number of hydrogen-bond acceptors (Lipinski definition) is 10. The van der Waals surface area contributed by atoms with E-state index in [9.17, 15) is 18.8 Å². The van der Waals surface area contributed by atoms with Crippen LogP contribution in [0.25, 0.3) is 32.1 Å². The van der Waals surface area contributed by atoms with Crippen molar-refractivity contribution in [1.29, 1.82) is 5.26 Å². The molecular formula is C37H43ClF3N7O3S. The van der Waals surface area contributed by atoms with E-state index in [1.807, 2.05) is 11.0 Å². The summed E-state index contributed by atoms with van der Waals surface area (Å²) in [6.07, 6.45) is 10.4. The third kappa shape index (κ3) is 8.49. The molecule has 15 heteroatoms. The molecule has 2 aromatic heterocycles. The molecule has 3 unspecified atom stereocenters. The van der Waals surface area contributed by atoms with Gasteiger partial charge >= 0.3 is 6.01 Å². The van der Waals surface area contributed by atoms with Crippen LogP contribution in [-0.4, -0.2) is 91.4 Å². The summed E-state index contributed by atoms with van der Waals surface area (Å²) in [6.45, 7) is 5.12. The van der Waals surface area contributed by atoms with Crippen molar-refractivity contribution >= 4 is 55.3 Å². The van der Waals surface area contributed by atoms with Gasteiger partial charge in [0.15, 0.2) is 5.82 Å². The van der Waals surface area contributed by atoms with Crippen LogP contribution in [0, 0.1) is 28.9 Å². The molecule has 3 atom stereocenters. The van der Waals surface area contributed by atoms with Crippen LogP contribution in [0.3, 0.4) is 0 Å². The van der Waals surface area contributed by atoms with Crippen LogP contribution in [0.1, 0.15) is 56.9 Å². The van der Waals surface area contributed by atoms with E-state index in [2.05, 4.69) is 20.2 Å². The summed E-state index contributed by atoms with van der Waals surface area (Å²) in [6, 6.07) is 7.42. The minimum atomic E-state index is -0.784. The first-order valence-corrected chi connectivity index (χ1v) is 18.9. The second-order valence-electron chi connectivity index (χ2n) is 13.6. The van der Waals surface area contributed by atoms with Crippen molar-refractivity contribution in [2.75, 3.05) is 52.7 Å². The molecule has 4 aromatic rings. The van der Waals surface area contributed by atoms with Crippen LogP contribution in [0.2, 0.25) is 5.02 Å². The number of rotatable bonds is 5. The summed E-state index contributed by atoms with van der Waals surface area (Å²) >= 11 is 7.32. The topological polar surface area (TPSA) is 140 Å². The number of nitrogens with one attached hydrogen (secondary N) is 1. The molecule has 10 nitrogen and oxygen atoms in total. The molecule has 52 heavy (non-hydrogen) atoms. The van der Waals surface area contributed by atoms with Crippen LogP contribution >= 0.6 is 22.9 Å². The number of likely N-dealkylation sites (tertiary alicyclic amines) is 1. The summed E-state index contributed by atoms with van der Waals surface area (Å²) in [5.41, 5.74) is 6.03. The number of alkyl halides is 1. The highest BCUT2D eigenvalue weighted by molar-refractivity contribution is 7.23. The number of ether oxygens (including phenoxy) is 2. The predicted molar refractivity (Wildman–Crippen MR) is 198 cm³/mol. The molecule has 0 spiro atoms. The van der Waals surface area contributed by atoms with Gasteiger partial charge in [-0.3, -0.25) is 9.69 Å². The van der Waals surface area contributed by atoms with Gasteiger partial charge in [-0.05, 0) is 81.5 Å². The van der Waals surface area contributed by atoms with Crippen LogP contribution in [0.4, 0.5) is 18.2 Å². The number of methoxy groups -OCH3 is 2. The maximum atomic E-state index is 15.6. The molecule has 1 saturated carbocycles. The number of nitriles is 1. The van der Waals surface area contributed by atoms with Crippen LogP contribution in [-0.2, 0) is 4.79 Å². The maximum Gasteiger partial charge on any atom is 0.320 e. The zero-order valence-electron chi connectivity index (χ0n) is 29.3. The van der Waals surface area contributed by atoms with Gasteiger partial charge in [-0.15, -0.1) is 11.3 Å². The number of anilines is 1. The van der Waals surface area contributed by atoms with E-state index in [1.54, 1.807) is 0 Å². The lowest BCUT2D eigenvalue weighted by Gasteiger charge is -2.21. The third-order valence-corrected chi connectivity index (χ3v) is 11.4. The molecule has 1 amide bonds. The monoisotopic (exact) mass is 757 g/mol. The van der Waals surface area contributed by atoms with Gasteiger partial charge in [0.2, 0.25) is 12.3 Å². The number of nitrogen functional groups attached to an aromatic ring is 1. The quantitative estimate of drug-likeness (QED) is 0.161. The van der Waals surface area contributed by atoms with Gasteiger partial charge in [0.25, 0.3) is 0 Å². The van der Waals surface area contributed by atoms with Gasteiger partial charge in [-0.2, -0.15) is 15.2 Å². The molecule has 4 aliphatic heterocycles. The number of halogens is 4. The Bertz CT molecular complexity index is 1920. The van der Waals surface area contributed by atoms with E-state index in [0.717, 1.165) is 55.8 Å². The van der Waals surface area contributed by atoms with Gasteiger partial charge in [0, 0.05) is 49.2 Å². The Kier molecular flexibility index (Phi) is 12.3. The molecular weight excluding hydrogens is 715 g/mol. The van der Waals surface area contributed by atoms with Crippen LogP contribution < -0.4 is 20.5 Å². The molecule has 5 fully saturated rings. The molecule has 0 bridgehead atoms. The van der Waals surface area contributed by atoms with Crippen molar-refractivity contribution in [1.82, 2.24) is 25.1 Å². The first-order chi connectivity index (χ1) is 25.2. The Balaban J connectivity index is 0.000000159. The normalized spacial score (nSPS) is 21.9. The smallest absolute Gasteiger partial charge is 0.320 e. The zero-order chi connectivity index (χ0) is 36.9. The van der Waals surface area contributed by atoms with Crippen molar-refractivity contribution in [3.63, 3.8) is 0 Å². The number of aromatic nitrogens is 2. The van der Waals surface area contributed by atoms with E-state index in [-0.39, 0.29) is 59.6 Å². The van der Waals surface area contributed by atoms with E-state index in [1.165, 1.54) is 83.9 Å². The predicted octanol–water partition coefficient (Wildman–Crippen LogP) is 7.10. The number of thiophene rings is 1. The lowest BCUT2D eigenvalue weighted by atomic mass is 9.97. The molecule has 9 rings (SSSR count). The zero-order valence-corrected chi connectivity index (χ0v) is 30.8. The van der Waals surface area contributed by atoms with Crippen LogP contribution in [0.5, 0.6) is 11.9 Å². The van der Waals surface area contributed by atoms with Gasteiger partial charge in [0.1, 0.15) is 28.6 Å². The largest absolute Gasteiger partial charge is 0.480 e. The summed E-state index contributed by atoms with van der Waals surface area (Å²) in [5, 5.41) is 13.4. The first kappa shape index (κ1) is 37.8. The number of carbonyl (C=O) groups is 1. The summed E-state index contributed by atoms with van der Waals surface area (Å²) in [4.78, 5) is 22.3. The number of amides is 1. The van der Waals surface area contributed by atoms with Gasteiger partial charge in [-0.1, -0.05) is 17.7 Å². The molecule has 1 aliphatic carbocycles. The van der Waals surface area contributed by atoms with E-state index >= 15 is 4.39 Å². The number of fused-ring (bicyclic) bond motifs is 3. The van der Waals surface area contributed by atoms with Crippen LogP contribution in [0.15, 0.2) is 18.2 Å². The van der Waals surface area contributed by atoms with Crippen molar-refractivity contribution in [2.45, 2.75) is 69.6 Å². The second-order valence-corrected chi connectivity index (χ2v) is 15.1. The number of piperidine rings is 1. The molecule has 2 aromatic carbocycles. The highest BCUT2D eigenvalue weighted by atomic mass is 35.5. The highest BCUT2D eigenvalue weighted by Crippen LogP contribution is 2.45. The Morgan fingerprint density at radius 2 is 1.85 bits per heavy atom. The average Bonchev–Trinajstić information content (AvgIpc) is 4.07. The number of nitrogens with zero attached hydrogens (tertiary/aromatic N) is 5. The number of nitrogens with two attached hydrogens (primary N) is 1. The minimum Gasteiger partial charge on any atom is -0.480 e. The summed E-state index contributed by atoms with van der Waals surface area (Å²) in [7, 11) is 2.71. The molecule has 6 heterocycles. The SMILES string of the molecule is C1CC1C1CN1.COc1nc(OC)c2cc(Cl)c(-c3ccc(F)c4sc(N)c(C#N)c34)c(F)c2n1.FC1CC2CCCN2C1.O=CN1CCCCC1. The van der Waals surface area contributed by atoms with Crippen molar-refractivity contribution in [3.05, 3.63) is 40.4 Å². The summed E-state index contributed by atoms with van der Waals surface area (Å²) < 4.78 is 52.9. The van der Waals surface area contributed by atoms with E-state index < -0.39 is 17.8 Å². The van der Waals surface area contributed by atoms with Crippen molar-refractivity contribution in [2.24, 2.45) is 5.92 Å². The Hall–Kier alpha value is -3.90. The molecule has 0 radical (unpaired) electrons. The molecule has 5 aliphatic rings. The molecule has 3 N–H and O–H groups in total. The minimum absolute atomic E-state index is 0.0173. The number of carbonyl (C=O) groups excluding carboxylic acids is 1. The standard InChI is InChI=1S/C19H11ClF2N4O2S.C7H12FN.C6H11NO.C5H9N/c1-27-18-8-5-10(20)13(14(22)15(8)25-19(26-18)28-2)7-3-4-11(21)16-12(7)9(6-23)17(24)29-16;8-6-4-7-2-1-3-9(7)5-6;8-6-7-4-2-1-3-5-7;1-2-4(1)5-3-6-5/h3-5H,24H2,1-2H3;6-7H,1-5H2;6H,1-5H2;4-6H,1-3H2. The average molecular weight is 758 g/mol. The fraction of sp³-hybridized carbons (Fsp3) is 0.514. The Labute approximate surface area is 310 Å². The fourth-order valence-electron chi connectivity index (χ4n) is 7.10. The van der Waals surface area contributed by atoms with Gasteiger partial charge in [0.05, 0.1) is 34.9 Å². The lowest BCUT2D eigenvalue weighted by Crippen LogP contribution is -2.27. The second kappa shape index (κ2) is 16.8. The number of benzene rings is 2. The van der Waals surface area contributed by atoms with Gasteiger partial charge in [-0.25, -0.2) is 13.2 Å². The molecule has 278 valence electrons. The van der Waals surface area contributed by atoms with Crippen molar-refractivity contribution < 1.29 is 27.4 Å². The first-order valence-electron chi connectivity index (χ1n) is 17.7. The van der Waals surface area contributed by atoms with Crippen molar-refractivity contribution in [3.8, 4) is 29.1 Å². The fourth-order valence-corrected chi connectivity index (χ4v) is 8.34. The maximum absolute atomic E-state index is 15.6. The number of hydrogen-bond donors (Lipinski definition) is 2. The van der Waals surface area contributed by atoms with E-state index in [0.29, 0.717) is 12.6 Å². The Morgan fingerprint density at radius 3 is 2.42 bits per heavy atom. The molecule has 4 saturated heterocycles.